The summed E-state index contributed by atoms with van der Waals surface area (Å²) in [6, 6.07) is 16.0. The number of nitrogens with one attached hydrogen (secondary N) is 1. The third-order valence-corrected chi connectivity index (χ3v) is 6.40. The number of rotatable bonds is 7. The normalized spacial score (nSPS) is 19.7. The molecule has 1 fully saturated rings. The minimum absolute atomic E-state index is 0.0981. The Bertz CT molecular complexity index is 859. The predicted octanol–water partition coefficient (Wildman–Crippen LogP) is 5.34. The van der Waals surface area contributed by atoms with Crippen LogP contribution < -0.4 is 5.32 Å². The summed E-state index contributed by atoms with van der Waals surface area (Å²) in [6.45, 7) is 2.44. The lowest BCUT2D eigenvalue weighted by Gasteiger charge is -2.35. The van der Waals surface area contributed by atoms with Crippen LogP contribution in [0.4, 0.5) is 0 Å². The van der Waals surface area contributed by atoms with Gasteiger partial charge in [-0.2, -0.15) is 0 Å². The summed E-state index contributed by atoms with van der Waals surface area (Å²) in [5.74, 6) is -0.324. The highest BCUT2D eigenvalue weighted by atomic mass is 35.5. The van der Waals surface area contributed by atoms with E-state index in [1.165, 1.54) is 11.3 Å². The lowest BCUT2D eigenvalue weighted by Crippen LogP contribution is -2.49. The predicted molar refractivity (Wildman–Crippen MR) is 121 cm³/mol. The molecule has 0 heterocycles. The average molecular weight is 447 g/mol. The van der Waals surface area contributed by atoms with Gasteiger partial charge in [0.05, 0.1) is 0 Å². The lowest BCUT2D eigenvalue weighted by atomic mass is 9.85. The van der Waals surface area contributed by atoms with Crippen LogP contribution in [0.2, 0.25) is 5.02 Å². The van der Waals surface area contributed by atoms with E-state index in [0.29, 0.717) is 16.5 Å². The van der Waals surface area contributed by atoms with Gasteiger partial charge in [-0.3, -0.25) is 9.59 Å². The molecule has 1 N–H and O–H groups in total. The fraction of sp³-hybridized carbons (Fsp3) is 0.417. The monoisotopic (exact) mass is 446 g/mol. The van der Waals surface area contributed by atoms with Gasteiger partial charge in [-0.25, -0.2) is 0 Å². The van der Waals surface area contributed by atoms with Crippen LogP contribution in [0.15, 0.2) is 54.6 Å². The van der Waals surface area contributed by atoms with Crippen LogP contribution >= 0.6 is 23.2 Å². The molecule has 4 nitrogen and oxygen atoms in total. The van der Waals surface area contributed by atoms with E-state index in [-0.39, 0.29) is 30.3 Å². The van der Waals surface area contributed by atoms with Crippen molar-refractivity contribution in [1.82, 2.24) is 10.2 Å². The third kappa shape index (κ3) is 5.55. The van der Waals surface area contributed by atoms with E-state index < -0.39 is 6.04 Å². The van der Waals surface area contributed by atoms with Crippen molar-refractivity contribution >= 4 is 35.0 Å². The number of carbonyl (C=O) groups is 2. The van der Waals surface area contributed by atoms with Crippen molar-refractivity contribution < 1.29 is 9.59 Å². The Morgan fingerprint density at radius 3 is 2.40 bits per heavy atom. The lowest BCUT2D eigenvalue weighted by molar-refractivity contribution is -0.140. The first kappa shape index (κ1) is 22.6. The van der Waals surface area contributed by atoms with Crippen molar-refractivity contribution in [2.75, 3.05) is 5.88 Å². The van der Waals surface area contributed by atoms with E-state index >= 15 is 0 Å². The number of halogens is 2. The van der Waals surface area contributed by atoms with E-state index in [4.69, 9.17) is 23.2 Å². The number of benzene rings is 2. The highest BCUT2D eigenvalue weighted by molar-refractivity contribution is 6.31. The second kappa shape index (κ2) is 10.8. The molecule has 6 heteroatoms. The summed E-state index contributed by atoms with van der Waals surface area (Å²) in [7, 11) is 0. The minimum Gasteiger partial charge on any atom is -0.351 e. The molecule has 1 aliphatic rings. The van der Waals surface area contributed by atoms with Crippen LogP contribution in [0, 0.1) is 5.92 Å². The van der Waals surface area contributed by atoms with Crippen molar-refractivity contribution in [3.63, 3.8) is 0 Å². The molecule has 0 unspecified atom stereocenters. The fourth-order valence-electron chi connectivity index (χ4n) is 4.12. The van der Waals surface area contributed by atoms with Crippen LogP contribution in [0.5, 0.6) is 0 Å². The SMILES string of the molecule is C[C@@H]1CCCC[C@@H]1NC(=O)[C@H](c1ccccc1Cl)N(Cc1ccccc1)C(=O)CCl. The number of alkyl halides is 1. The first-order valence-corrected chi connectivity index (χ1v) is 11.4. The van der Waals surface area contributed by atoms with Crippen molar-refractivity contribution in [3.8, 4) is 0 Å². The first-order valence-electron chi connectivity index (χ1n) is 10.5. The van der Waals surface area contributed by atoms with E-state index in [9.17, 15) is 9.59 Å². The van der Waals surface area contributed by atoms with Gasteiger partial charge in [0.2, 0.25) is 11.8 Å². The molecule has 2 aromatic carbocycles. The van der Waals surface area contributed by atoms with Crippen LogP contribution in [-0.2, 0) is 16.1 Å². The smallest absolute Gasteiger partial charge is 0.247 e. The quantitative estimate of drug-likeness (QED) is 0.583. The van der Waals surface area contributed by atoms with Gasteiger partial charge in [0.1, 0.15) is 11.9 Å². The van der Waals surface area contributed by atoms with Gasteiger partial charge in [-0.05, 0) is 30.4 Å². The molecule has 2 aromatic rings. The number of carbonyl (C=O) groups excluding carboxylic acids is 2. The van der Waals surface area contributed by atoms with Gasteiger partial charge in [0.15, 0.2) is 0 Å². The first-order chi connectivity index (χ1) is 14.5. The Hall–Kier alpha value is -2.04. The maximum absolute atomic E-state index is 13.6. The summed E-state index contributed by atoms with van der Waals surface area (Å²) < 4.78 is 0. The van der Waals surface area contributed by atoms with Gasteiger partial charge < -0.3 is 10.2 Å². The largest absolute Gasteiger partial charge is 0.351 e. The number of hydrogen-bond donors (Lipinski definition) is 1. The van der Waals surface area contributed by atoms with Crippen LogP contribution in [0.3, 0.4) is 0 Å². The third-order valence-electron chi connectivity index (χ3n) is 5.83. The van der Waals surface area contributed by atoms with Crippen molar-refractivity contribution in [1.29, 1.82) is 0 Å². The zero-order valence-electron chi connectivity index (χ0n) is 17.2. The Morgan fingerprint density at radius 1 is 1.07 bits per heavy atom. The molecule has 0 aromatic heterocycles. The highest BCUT2D eigenvalue weighted by Gasteiger charge is 2.34. The molecular formula is C24H28Cl2N2O2. The van der Waals surface area contributed by atoms with Crippen molar-refractivity contribution in [3.05, 3.63) is 70.7 Å². The van der Waals surface area contributed by atoms with E-state index in [0.717, 1.165) is 24.8 Å². The molecule has 1 aliphatic carbocycles. The molecule has 0 bridgehead atoms. The van der Waals surface area contributed by atoms with E-state index in [2.05, 4.69) is 12.2 Å². The average Bonchev–Trinajstić information content (AvgIpc) is 2.76. The minimum atomic E-state index is -0.848. The molecule has 3 rings (SSSR count). The number of hydrogen-bond acceptors (Lipinski definition) is 2. The van der Waals surface area contributed by atoms with Gasteiger partial charge in [-0.15, -0.1) is 11.6 Å². The molecule has 0 spiro atoms. The molecule has 2 amide bonds. The van der Waals surface area contributed by atoms with E-state index in [1.807, 2.05) is 42.5 Å². The van der Waals surface area contributed by atoms with E-state index in [1.54, 1.807) is 12.1 Å². The Morgan fingerprint density at radius 2 is 1.73 bits per heavy atom. The van der Waals surface area contributed by atoms with Crippen LogP contribution in [-0.4, -0.2) is 28.6 Å². The Kier molecular flexibility index (Phi) is 8.17. The van der Waals surface area contributed by atoms with Gasteiger partial charge in [0, 0.05) is 23.2 Å². The second-order valence-electron chi connectivity index (χ2n) is 7.94. The maximum Gasteiger partial charge on any atom is 0.247 e. The number of amides is 2. The zero-order valence-corrected chi connectivity index (χ0v) is 18.7. The summed E-state index contributed by atoms with van der Waals surface area (Å²) >= 11 is 12.4. The van der Waals surface area contributed by atoms with Crippen molar-refractivity contribution in [2.45, 2.75) is 51.2 Å². The summed E-state index contributed by atoms with van der Waals surface area (Å²) in [6.07, 6.45) is 4.33. The molecule has 1 saturated carbocycles. The van der Waals surface area contributed by atoms with Gasteiger partial charge in [-0.1, -0.05) is 79.9 Å². The summed E-state index contributed by atoms with van der Waals surface area (Å²) in [5.41, 5.74) is 1.53. The van der Waals surface area contributed by atoms with Crippen LogP contribution in [0.25, 0.3) is 0 Å². The highest BCUT2D eigenvalue weighted by Crippen LogP contribution is 2.31. The zero-order chi connectivity index (χ0) is 21.5. The molecule has 160 valence electrons. The Balaban J connectivity index is 1.96. The second-order valence-corrected chi connectivity index (χ2v) is 8.62. The molecular weight excluding hydrogens is 419 g/mol. The van der Waals surface area contributed by atoms with Crippen LogP contribution in [0.1, 0.15) is 49.8 Å². The van der Waals surface area contributed by atoms with Gasteiger partial charge in [0.25, 0.3) is 0 Å². The molecule has 3 atom stereocenters. The molecule has 0 aliphatic heterocycles. The summed E-state index contributed by atoms with van der Waals surface area (Å²) in [4.78, 5) is 28.0. The topological polar surface area (TPSA) is 49.4 Å². The molecule has 30 heavy (non-hydrogen) atoms. The number of nitrogens with zero attached hydrogens (tertiary/aromatic N) is 1. The molecule has 0 radical (unpaired) electrons. The Labute approximate surface area is 188 Å². The summed E-state index contributed by atoms with van der Waals surface area (Å²) in [5, 5.41) is 3.66. The standard InChI is InChI=1S/C24H28Cl2N2O2/c1-17-9-5-8-14-21(17)27-24(30)23(19-12-6-7-13-20(19)26)28(22(29)15-25)16-18-10-3-2-4-11-18/h2-4,6-7,10-13,17,21,23H,5,8-9,14-16H2,1H3,(H,27,30)/t17-,21+,23+/m1/s1. The van der Waals surface area contributed by atoms with Gasteiger partial charge >= 0.3 is 0 Å². The van der Waals surface area contributed by atoms with Crippen molar-refractivity contribution in [2.24, 2.45) is 5.92 Å². The molecule has 0 saturated heterocycles. The maximum atomic E-state index is 13.6. The fourth-order valence-corrected chi connectivity index (χ4v) is 4.51.